The van der Waals surface area contributed by atoms with Crippen molar-refractivity contribution in [2.24, 2.45) is 5.92 Å². The molecular formula is C37H37FN4O6. The number of hydrogen-bond donors (Lipinski definition) is 2. The fourth-order valence-corrected chi connectivity index (χ4v) is 6.58. The first-order valence-corrected chi connectivity index (χ1v) is 16.3. The molecule has 0 aliphatic carbocycles. The normalized spacial score (nSPS) is 20.6. The van der Waals surface area contributed by atoms with Gasteiger partial charge in [0.2, 0.25) is 5.91 Å². The molecule has 8 rings (SSSR count). The Hall–Kier alpha value is -5.16. The number of nitrogens with one attached hydrogen (secondary N) is 2. The largest absolute Gasteiger partial charge is 0.486 e. The van der Waals surface area contributed by atoms with Gasteiger partial charge in [0.05, 0.1) is 31.0 Å². The Morgan fingerprint density at radius 2 is 1.71 bits per heavy atom. The van der Waals surface area contributed by atoms with Gasteiger partial charge in [-0.15, -0.1) is 0 Å². The van der Waals surface area contributed by atoms with Gasteiger partial charge in [-0.25, -0.2) is 4.39 Å². The molecule has 0 spiro atoms. The van der Waals surface area contributed by atoms with Crippen LogP contribution in [0.1, 0.15) is 34.5 Å². The first-order valence-electron chi connectivity index (χ1n) is 16.3. The number of piperidine rings is 1. The van der Waals surface area contributed by atoms with E-state index >= 15 is 4.39 Å². The summed E-state index contributed by atoms with van der Waals surface area (Å²) < 4.78 is 32.7. The van der Waals surface area contributed by atoms with Crippen molar-refractivity contribution in [3.8, 4) is 22.6 Å². The van der Waals surface area contributed by atoms with Gasteiger partial charge in [0.25, 0.3) is 11.8 Å². The fraction of sp³-hybridized carbons (Fsp3) is 0.324. The second-order valence-electron chi connectivity index (χ2n) is 12.5. The van der Waals surface area contributed by atoms with E-state index in [1.54, 1.807) is 47.6 Å². The van der Waals surface area contributed by atoms with Crippen molar-refractivity contribution in [2.45, 2.75) is 38.1 Å². The maximum Gasteiger partial charge on any atom is 0.258 e. The number of furan rings is 1. The molecule has 3 aromatic carbocycles. The van der Waals surface area contributed by atoms with Crippen LogP contribution in [-0.4, -0.2) is 72.5 Å². The number of halogens is 1. The minimum absolute atomic E-state index is 0.0323. The van der Waals surface area contributed by atoms with Gasteiger partial charge in [0, 0.05) is 19.0 Å². The van der Waals surface area contributed by atoms with E-state index in [1.807, 2.05) is 30.3 Å². The molecule has 48 heavy (non-hydrogen) atoms. The highest BCUT2D eigenvalue weighted by molar-refractivity contribution is 5.96. The Kier molecular flexibility index (Phi) is 9.11. The molecule has 248 valence electrons. The molecule has 11 heteroatoms. The summed E-state index contributed by atoms with van der Waals surface area (Å²) in [5, 5.41) is 5.84. The fourth-order valence-electron chi connectivity index (χ4n) is 6.58. The van der Waals surface area contributed by atoms with Gasteiger partial charge in [-0.3, -0.25) is 19.3 Å². The van der Waals surface area contributed by atoms with Gasteiger partial charge in [0.1, 0.15) is 29.2 Å². The zero-order chi connectivity index (χ0) is 33.0. The van der Waals surface area contributed by atoms with Crippen LogP contribution in [0, 0.1) is 11.7 Å². The highest BCUT2D eigenvalue weighted by atomic mass is 19.1. The maximum absolute atomic E-state index is 15.1. The Morgan fingerprint density at radius 3 is 2.50 bits per heavy atom. The van der Waals surface area contributed by atoms with Crippen molar-refractivity contribution < 1.29 is 32.7 Å². The predicted octanol–water partition coefficient (Wildman–Crippen LogP) is 4.39. The third-order valence-electron chi connectivity index (χ3n) is 9.24. The topological polar surface area (TPSA) is 113 Å². The molecule has 2 atom stereocenters. The minimum Gasteiger partial charge on any atom is -0.486 e. The summed E-state index contributed by atoms with van der Waals surface area (Å²) in [5.74, 6) is 0.278. The third kappa shape index (κ3) is 7.21. The molecular weight excluding hydrogens is 615 g/mol. The van der Waals surface area contributed by atoms with E-state index in [-0.39, 0.29) is 43.0 Å². The quantitative estimate of drug-likeness (QED) is 0.338. The molecule has 10 nitrogen and oxygen atoms in total. The van der Waals surface area contributed by atoms with E-state index in [9.17, 15) is 14.4 Å². The smallest absolute Gasteiger partial charge is 0.258 e. The SMILES string of the molecule is O=C1COc2cccc(c2)-c2ccc(F)c(c2)C(=O)N[C@H]2CN(C(=O)C3CCN(Cc4ccco4)CC3)C[C@@H]2Oc2ccc(cc2)CN1. The lowest BCUT2D eigenvalue weighted by atomic mass is 9.95. The molecule has 0 unspecified atom stereocenters. The molecule has 1 aromatic heterocycles. The predicted molar refractivity (Wildman–Crippen MR) is 175 cm³/mol. The number of amides is 3. The summed E-state index contributed by atoms with van der Waals surface area (Å²) in [5.41, 5.74) is 2.06. The second-order valence-corrected chi connectivity index (χ2v) is 12.5. The molecule has 2 fully saturated rings. The zero-order valence-electron chi connectivity index (χ0n) is 26.4. The average Bonchev–Trinajstić information content (AvgIpc) is 3.77. The van der Waals surface area contributed by atoms with Crippen molar-refractivity contribution in [1.29, 1.82) is 0 Å². The number of carbonyl (C=O) groups is 3. The van der Waals surface area contributed by atoms with Gasteiger partial charge in [-0.2, -0.15) is 0 Å². The van der Waals surface area contributed by atoms with E-state index in [0.29, 0.717) is 35.7 Å². The first kappa shape index (κ1) is 31.4. The van der Waals surface area contributed by atoms with Crippen molar-refractivity contribution in [2.75, 3.05) is 32.8 Å². The Morgan fingerprint density at radius 1 is 0.896 bits per heavy atom. The molecule has 0 radical (unpaired) electrons. The number of likely N-dealkylation sites (tertiary alicyclic amines) is 2. The number of rotatable bonds is 3. The summed E-state index contributed by atoms with van der Waals surface area (Å²) in [6.45, 7) is 2.93. The molecule has 6 bridgehead atoms. The number of carbonyl (C=O) groups excluding carboxylic acids is 3. The van der Waals surface area contributed by atoms with Gasteiger partial charge >= 0.3 is 0 Å². The highest BCUT2D eigenvalue weighted by Gasteiger charge is 2.41. The zero-order valence-corrected chi connectivity index (χ0v) is 26.4. The number of ether oxygens (including phenoxy) is 2. The maximum atomic E-state index is 15.1. The van der Waals surface area contributed by atoms with E-state index < -0.39 is 23.9 Å². The molecule has 2 saturated heterocycles. The summed E-state index contributed by atoms with van der Waals surface area (Å²) in [7, 11) is 0. The standard InChI is InChI=1S/C37H37FN4O6/c38-32-11-8-27-18-31(32)36(44)40-33-21-42(37(45)25-12-14-41(15-13-25)20-30-5-2-16-46-30)22-34(33)48-28-9-6-24(7-10-28)19-39-35(43)23-47-29-4-1-3-26(27)17-29/h1-11,16-18,25,33-34H,12-15,19-23H2,(H,39,43)(H,40,44)/t33-,34-/m0/s1. The number of hydrogen-bond acceptors (Lipinski definition) is 7. The first-order chi connectivity index (χ1) is 23.4. The summed E-state index contributed by atoms with van der Waals surface area (Å²) >= 11 is 0. The number of benzene rings is 3. The van der Waals surface area contributed by atoms with E-state index in [0.717, 1.165) is 37.3 Å². The van der Waals surface area contributed by atoms with Crippen LogP contribution >= 0.6 is 0 Å². The van der Waals surface area contributed by atoms with Gasteiger partial charge < -0.3 is 29.4 Å². The van der Waals surface area contributed by atoms with E-state index in [2.05, 4.69) is 15.5 Å². The van der Waals surface area contributed by atoms with Crippen LogP contribution in [0.4, 0.5) is 4.39 Å². The number of fused-ring (bicyclic) bond motifs is 7. The van der Waals surface area contributed by atoms with Crippen LogP contribution in [-0.2, 0) is 22.7 Å². The Balaban J connectivity index is 1.12. The van der Waals surface area contributed by atoms with Crippen LogP contribution in [0.25, 0.3) is 11.1 Å². The van der Waals surface area contributed by atoms with Crippen LogP contribution in [0.5, 0.6) is 11.5 Å². The summed E-state index contributed by atoms with van der Waals surface area (Å²) in [6.07, 6.45) is 2.55. The van der Waals surface area contributed by atoms with E-state index in [1.165, 1.54) is 12.1 Å². The van der Waals surface area contributed by atoms with Crippen LogP contribution in [0.15, 0.2) is 89.5 Å². The van der Waals surface area contributed by atoms with Crippen molar-refractivity contribution in [3.63, 3.8) is 0 Å². The molecule has 0 saturated carbocycles. The molecule has 4 aliphatic rings. The van der Waals surface area contributed by atoms with Gasteiger partial charge in [0.15, 0.2) is 6.61 Å². The second kappa shape index (κ2) is 13.9. The monoisotopic (exact) mass is 652 g/mol. The average molecular weight is 653 g/mol. The molecule has 4 aromatic rings. The van der Waals surface area contributed by atoms with Gasteiger partial charge in [-0.1, -0.05) is 30.3 Å². The summed E-state index contributed by atoms with van der Waals surface area (Å²) in [4.78, 5) is 44.0. The Labute approximate surface area is 277 Å². The van der Waals surface area contributed by atoms with Crippen molar-refractivity contribution in [3.05, 3.63) is 108 Å². The van der Waals surface area contributed by atoms with E-state index in [4.69, 9.17) is 13.9 Å². The van der Waals surface area contributed by atoms with Gasteiger partial charge in [-0.05, 0) is 91.2 Å². The molecule has 3 amide bonds. The van der Waals surface area contributed by atoms with Crippen molar-refractivity contribution >= 4 is 17.7 Å². The van der Waals surface area contributed by atoms with Crippen LogP contribution < -0.4 is 20.1 Å². The van der Waals surface area contributed by atoms with Crippen LogP contribution in [0.3, 0.4) is 0 Å². The lowest BCUT2D eigenvalue weighted by molar-refractivity contribution is -0.136. The minimum atomic E-state index is -0.664. The number of nitrogens with zero attached hydrogens (tertiary/aromatic N) is 2. The molecule has 4 aliphatic heterocycles. The highest BCUT2D eigenvalue weighted by Crippen LogP contribution is 2.28. The lowest BCUT2D eigenvalue weighted by Crippen LogP contribution is -2.45. The van der Waals surface area contributed by atoms with Crippen LogP contribution in [0.2, 0.25) is 0 Å². The molecule has 2 N–H and O–H groups in total. The lowest BCUT2D eigenvalue weighted by Gasteiger charge is -2.32. The van der Waals surface area contributed by atoms with Crippen molar-refractivity contribution in [1.82, 2.24) is 20.4 Å². The molecule has 5 heterocycles. The third-order valence-corrected chi connectivity index (χ3v) is 9.24. The Bertz CT molecular complexity index is 1770. The summed E-state index contributed by atoms with van der Waals surface area (Å²) in [6, 6.07) is 22.0.